The molecule has 27 heavy (non-hydrogen) atoms. The molecule has 0 amide bonds. The lowest BCUT2D eigenvalue weighted by Crippen LogP contribution is -2.31. The number of nitrogens with one attached hydrogen (secondary N) is 1. The lowest BCUT2D eigenvalue weighted by atomic mass is 10.0. The Kier molecular flexibility index (Phi) is 4.24. The van der Waals surface area contributed by atoms with Crippen molar-refractivity contribution in [3.8, 4) is 0 Å². The summed E-state index contributed by atoms with van der Waals surface area (Å²) in [5.74, 6) is 0.856. The molecule has 5 nitrogen and oxygen atoms in total. The maximum absolute atomic E-state index is 4.86. The number of para-hydroxylation sites is 1. The van der Waals surface area contributed by atoms with Gasteiger partial charge in [-0.15, -0.1) is 0 Å². The van der Waals surface area contributed by atoms with E-state index in [0.717, 1.165) is 50.6 Å². The van der Waals surface area contributed by atoms with Crippen LogP contribution < -0.4 is 0 Å². The minimum absolute atomic E-state index is 0.856. The van der Waals surface area contributed by atoms with Gasteiger partial charge in [0.1, 0.15) is 0 Å². The number of hydrogen-bond acceptors (Lipinski definition) is 4. The summed E-state index contributed by atoms with van der Waals surface area (Å²) in [6.07, 6.45) is 6.43. The van der Waals surface area contributed by atoms with Crippen molar-refractivity contribution < 1.29 is 0 Å². The Balaban J connectivity index is 1.36. The monoisotopic (exact) mass is 359 g/mol. The number of benzene rings is 1. The molecule has 5 rings (SSSR count). The van der Waals surface area contributed by atoms with Crippen LogP contribution in [0.25, 0.3) is 10.9 Å². The summed E-state index contributed by atoms with van der Waals surface area (Å²) in [6.45, 7) is 6.01. The summed E-state index contributed by atoms with van der Waals surface area (Å²) >= 11 is 0. The van der Waals surface area contributed by atoms with Gasteiger partial charge in [-0.1, -0.05) is 18.2 Å². The molecule has 0 atom stereocenters. The predicted octanol–water partition coefficient (Wildman–Crippen LogP) is 3.80. The number of hydrogen-bond donors (Lipinski definition) is 1. The van der Waals surface area contributed by atoms with Crippen LogP contribution in [0.2, 0.25) is 0 Å². The lowest BCUT2D eigenvalue weighted by molar-refractivity contribution is 0.243. The first-order chi connectivity index (χ1) is 13.3. The van der Waals surface area contributed by atoms with Crippen LogP contribution >= 0.6 is 0 Å². The summed E-state index contributed by atoms with van der Waals surface area (Å²) in [6, 6.07) is 8.58. The molecule has 0 unspecified atom stereocenters. The third-order valence-corrected chi connectivity index (χ3v) is 5.80. The number of nitrogens with zero attached hydrogens (tertiary/aromatic N) is 4. The van der Waals surface area contributed by atoms with Gasteiger partial charge in [0, 0.05) is 61.0 Å². The summed E-state index contributed by atoms with van der Waals surface area (Å²) in [7, 11) is 0. The quantitative estimate of drug-likeness (QED) is 0.774. The first-order valence-electron chi connectivity index (χ1n) is 9.95. The second-order valence-electron chi connectivity index (χ2n) is 7.69. The van der Waals surface area contributed by atoms with Gasteiger partial charge in [-0.25, -0.2) is 9.97 Å². The molecule has 4 heterocycles. The summed E-state index contributed by atoms with van der Waals surface area (Å²) in [5, 5.41) is 1.34. The van der Waals surface area contributed by atoms with Gasteiger partial charge in [0.15, 0.2) is 5.82 Å². The maximum Gasteiger partial charge on any atom is 0.173 e. The van der Waals surface area contributed by atoms with Crippen molar-refractivity contribution >= 4 is 16.6 Å². The van der Waals surface area contributed by atoms with Crippen LogP contribution in [-0.2, 0) is 19.5 Å². The highest BCUT2D eigenvalue weighted by molar-refractivity contribution is 5.97. The van der Waals surface area contributed by atoms with E-state index in [0.29, 0.717) is 0 Å². The Morgan fingerprint density at radius 2 is 2.07 bits per heavy atom. The van der Waals surface area contributed by atoms with Gasteiger partial charge < -0.3 is 4.98 Å². The Bertz CT molecular complexity index is 1020. The summed E-state index contributed by atoms with van der Waals surface area (Å²) in [4.78, 5) is 20.2. The van der Waals surface area contributed by atoms with Crippen molar-refractivity contribution in [1.82, 2.24) is 19.9 Å². The molecule has 0 bridgehead atoms. The van der Waals surface area contributed by atoms with Crippen molar-refractivity contribution in [2.24, 2.45) is 4.99 Å². The average molecular weight is 359 g/mol. The fourth-order valence-electron chi connectivity index (χ4n) is 4.29. The fraction of sp³-hybridized carbons (Fsp3) is 0.409. The van der Waals surface area contributed by atoms with Gasteiger partial charge in [-0.3, -0.25) is 9.89 Å². The predicted molar refractivity (Wildman–Crippen MR) is 108 cm³/mol. The van der Waals surface area contributed by atoms with E-state index in [4.69, 9.17) is 4.98 Å². The highest BCUT2D eigenvalue weighted by Gasteiger charge is 2.21. The zero-order valence-electron chi connectivity index (χ0n) is 15.8. The molecule has 2 aliphatic rings. The third kappa shape index (κ3) is 3.16. The Morgan fingerprint density at radius 1 is 1.15 bits per heavy atom. The van der Waals surface area contributed by atoms with Gasteiger partial charge in [0.05, 0.1) is 11.4 Å². The number of aliphatic imine (C=N–C) groups is 1. The Morgan fingerprint density at radius 3 is 2.96 bits per heavy atom. The Labute approximate surface area is 159 Å². The zero-order chi connectivity index (χ0) is 18.2. The molecule has 0 saturated heterocycles. The standard InChI is InChI=1S/C22H25N5/c1-15-18(17-6-2-3-7-20(17)25-15)14-27-11-9-19-16(13-27)12-24-22(26-19)21-8-4-5-10-23-21/h2-3,6-7,12,25H,4-5,8-11,13-14H2,1H3. The molecule has 0 spiro atoms. The highest BCUT2D eigenvalue weighted by Crippen LogP contribution is 2.26. The average Bonchev–Trinajstić information content (AvgIpc) is 3.03. The molecule has 2 aromatic heterocycles. The smallest absolute Gasteiger partial charge is 0.173 e. The van der Waals surface area contributed by atoms with E-state index >= 15 is 0 Å². The minimum atomic E-state index is 0.856. The van der Waals surface area contributed by atoms with E-state index in [1.165, 1.54) is 46.3 Å². The number of H-pyrrole nitrogens is 1. The SMILES string of the molecule is Cc1[nH]c2ccccc2c1CN1CCc2nc(C3=NCCCC3)ncc2C1. The first kappa shape index (κ1) is 16.6. The van der Waals surface area contributed by atoms with Crippen LogP contribution in [0.3, 0.4) is 0 Å². The molecule has 1 N–H and O–H groups in total. The molecular formula is C22H25N5. The van der Waals surface area contributed by atoms with E-state index in [9.17, 15) is 0 Å². The van der Waals surface area contributed by atoms with Gasteiger partial charge in [-0.05, 0) is 37.8 Å². The van der Waals surface area contributed by atoms with E-state index < -0.39 is 0 Å². The minimum Gasteiger partial charge on any atom is -0.358 e. The normalized spacial score (nSPS) is 17.7. The van der Waals surface area contributed by atoms with Gasteiger partial charge >= 0.3 is 0 Å². The number of aryl methyl sites for hydroxylation is 1. The van der Waals surface area contributed by atoms with E-state index in [1.807, 2.05) is 6.20 Å². The maximum atomic E-state index is 4.86. The van der Waals surface area contributed by atoms with Crippen molar-refractivity contribution in [1.29, 1.82) is 0 Å². The number of aromatic nitrogens is 3. The fourth-order valence-corrected chi connectivity index (χ4v) is 4.29. The second kappa shape index (κ2) is 6.89. The summed E-state index contributed by atoms with van der Waals surface area (Å²) < 4.78 is 0. The van der Waals surface area contributed by atoms with Crippen LogP contribution in [0.1, 0.15) is 47.6 Å². The van der Waals surface area contributed by atoms with Gasteiger partial charge in [0.25, 0.3) is 0 Å². The third-order valence-electron chi connectivity index (χ3n) is 5.80. The second-order valence-corrected chi connectivity index (χ2v) is 7.69. The molecule has 3 aromatic rings. The topological polar surface area (TPSA) is 57.2 Å². The number of aromatic amines is 1. The van der Waals surface area contributed by atoms with Crippen LogP contribution in [0.15, 0.2) is 35.5 Å². The van der Waals surface area contributed by atoms with E-state index in [1.54, 1.807) is 0 Å². The van der Waals surface area contributed by atoms with Crippen LogP contribution in [-0.4, -0.2) is 38.7 Å². The van der Waals surface area contributed by atoms with Crippen LogP contribution in [0, 0.1) is 6.92 Å². The molecule has 5 heteroatoms. The van der Waals surface area contributed by atoms with Crippen molar-refractivity contribution in [2.45, 2.75) is 45.7 Å². The largest absolute Gasteiger partial charge is 0.358 e. The number of rotatable bonds is 3. The van der Waals surface area contributed by atoms with Crippen molar-refractivity contribution in [3.63, 3.8) is 0 Å². The molecule has 0 fully saturated rings. The number of fused-ring (bicyclic) bond motifs is 2. The molecule has 1 aromatic carbocycles. The van der Waals surface area contributed by atoms with Crippen LogP contribution in [0.5, 0.6) is 0 Å². The lowest BCUT2D eigenvalue weighted by Gasteiger charge is -2.28. The van der Waals surface area contributed by atoms with E-state index in [2.05, 4.69) is 51.0 Å². The molecule has 138 valence electrons. The summed E-state index contributed by atoms with van der Waals surface area (Å²) in [5.41, 5.74) is 7.47. The molecule has 2 aliphatic heterocycles. The molecule has 0 aliphatic carbocycles. The van der Waals surface area contributed by atoms with Crippen molar-refractivity contribution in [3.05, 3.63) is 58.8 Å². The molecular weight excluding hydrogens is 334 g/mol. The van der Waals surface area contributed by atoms with E-state index in [-0.39, 0.29) is 0 Å². The highest BCUT2D eigenvalue weighted by atomic mass is 15.1. The first-order valence-corrected chi connectivity index (χ1v) is 9.95. The molecule has 0 radical (unpaired) electrons. The molecule has 0 saturated carbocycles. The zero-order valence-corrected chi connectivity index (χ0v) is 15.8. The Hall–Kier alpha value is -2.53. The van der Waals surface area contributed by atoms with Crippen LogP contribution in [0.4, 0.5) is 0 Å². The van der Waals surface area contributed by atoms with Gasteiger partial charge in [0.2, 0.25) is 0 Å². The van der Waals surface area contributed by atoms with Crippen molar-refractivity contribution in [2.75, 3.05) is 13.1 Å². The van der Waals surface area contributed by atoms with Gasteiger partial charge in [-0.2, -0.15) is 0 Å².